The number of likely N-dealkylation sites (N-methyl/N-ethyl adjacent to an activating group) is 1. The van der Waals surface area contributed by atoms with Gasteiger partial charge in [0.1, 0.15) is 0 Å². The molecule has 7 heteroatoms. The Labute approximate surface area is 159 Å². The van der Waals surface area contributed by atoms with Gasteiger partial charge in [0.05, 0.1) is 6.04 Å². The van der Waals surface area contributed by atoms with E-state index in [1.54, 1.807) is 17.0 Å². The molecule has 27 heavy (non-hydrogen) atoms. The topological polar surface area (TPSA) is 76.7 Å². The Morgan fingerprint density at radius 3 is 2.63 bits per heavy atom. The van der Waals surface area contributed by atoms with E-state index in [9.17, 15) is 9.59 Å². The summed E-state index contributed by atoms with van der Waals surface area (Å²) in [5.74, 6) is 0. The van der Waals surface area contributed by atoms with Crippen molar-refractivity contribution in [3.05, 3.63) is 60.2 Å². The molecule has 0 saturated carbocycles. The predicted octanol–water partition coefficient (Wildman–Crippen LogP) is 2.64. The van der Waals surface area contributed by atoms with Gasteiger partial charge in [-0.05, 0) is 37.9 Å². The molecule has 1 aliphatic rings. The summed E-state index contributed by atoms with van der Waals surface area (Å²) in [6, 6.07) is 16.6. The quantitative estimate of drug-likeness (QED) is 0.735. The van der Waals surface area contributed by atoms with Crippen LogP contribution in [-0.4, -0.2) is 50.7 Å². The second-order valence-corrected chi connectivity index (χ2v) is 6.76. The van der Waals surface area contributed by atoms with Crippen LogP contribution in [0.1, 0.15) is 11.6 Å². The number of nitrogens with one attached hydrogen (secondary N) is 3. The number of rotatable bonds is 6. The van der Waals surface area contributed by atoms with Crippen LogP contribution in [0.3, 0.4) is 0 Å². The van der Waals surface area contributed by atoms with E-state index < -0.39 is 0 Å². The molecular weight excluding hydrogens is 342 g/mol. The average Bonchev–Trinajstić information content (AvgIpc) is 3.08. The van der Waals surface area contributed by atoms with Gasteiger partial charge in [0, 0.05) is 31.0 Å². The molecule has 142 valence electrons. The van der Waals surface area contributed by atoms with Crippen LogP contribution in [-0.2, 0) is 0 Å². The van der Waals surface area contributed by atoms with Crippen LogP contribution < -0.4 is 20.9 Å². The Kier molecular flexibility index (Phi) is 5.93. The molecule has 0 aromatic heterocycles. The number of hydrogen-bond acceptors (Lipinski definition) is 3. The fourth-order valence-corrected chi connectivity index (χ4v) is 3.08. The predicted molar refractivity (Wildman–Crippen MR) is 107 cm³/mol. The monoisotopic (exact) mass is 367 g/mol. The van der Waals surface area contributed by atoms with E-state index >= 15 is 0 Å². The highest BCUT2D eigenvalue weighted by atomic mass is 16.2. The first-order chi connectivity index (χ1) is 13.0. The molecule has 0 bridgehead atoms. The van der Waals surface area contributed by atoms with Gasteiger partial charge in [0.2, 0.25) is 0 Å². The van der Waals surface area contributed by atoms with E-state index in [1.165, 1.54) is 0 Å². The van der Waals surface area contributed by atoms with Crippen molar-refractivity contribution < 1.29 is 9.59 Å². The van der Waals surface area contributed by atoms with E-state index in [1.807, 2.05) is 61.5 Å². The van der Waals surface area contributed by atoms with E-state index in [0.29, 0.717) is 25.3 Å². The summed E-state index contributed by atoms with van der Waals surface area (Å²) in [6.07, 6.45) is 0. The third-order valence-electron chi connectivity index (χ3n) is 4.33. The number of nitrogens with zero attached hydrogens (tertiary/aromatic N) is 2. The first-order valence-electron chi connectivity index (χ1n) is 8.95. The smallest absolute Gasteiger partial charge is 0.321 e. The molecule has 7 nitrogen and oxygen atoms in total. The summed E-state index contributed by atoms with van der Waals surface area (Å²) in [5, 5.41) is 8.67. The molecule has 0 spiro atoms. The molecular formula is C20H25N5O2. The van der Waals surface area contributed by atoms with Gasteiger partial charge in [-0.3, -0.25) is 4.90 Å². The van der Waals surface area contributed by atoms with Crippen molar-refractivity contribution in [1.82, 2.24) is 15.5 Å². The number of anilines is 2. The summed E-state index contributed by atoms with van der Waals surface area (Å²) < 4.78 is 0. The fourth-order valence-electron chi connectivity index (χ4n) is 3.08. The lowest BCUT2D eigenvalue weighted by molar-refractivity contribution is 0.244. The summed E-state index contributed by atoms with van der Waals surface area (Å²) in [5.41, 5.74) is 2.45. The number of carbonyl (C=O) groups is 2. The number of urea groups is 2. The van der Waals surface area contributed by atoms with Gasteiger partial charge in [0.15, 0.2) is 0 Å². The Bertz CT molecular complexity index is 794. The molecule has 0 radical (unpaired) electrons. The van der Waals surface area contributed by atoms with Crippen molar-refractivity contribution in [3.8, 4) is 0 Å². The highest BCUT2D eigenvalue weighted by Crippen LogP contribution is 2.21. The molecule has 0 aliphatic carbocycles. The van der Waals surface area contributed by atoms with E-state index in [4.69, 9.17) is 0 Å². The zero-order valence-corrected chi connectivity index (χ0v) is 15.6. The van der Waals surface area contributed by atoms with Crippen molar-refractivity contribution in [2.75, 3.05) is 43.9 Å². The summed E-state index contributed by atoms with van der Waals surface area (Å²) in [7, 11) is 3.94. The summed E-state index contributed by atoms with van der Waals surface area (Å²) in [6.45, 7) is 1.93. The van der Waals surface area contributed by atoms with Crippen LogP contribution in [0.25, 0.3) is 0 Å². The van der Waals surface area contributed by atoms with Gasteiger partial charge in [-0.15, -0.1) is 0 Å². The summed E-state index contributed by atoms with van der Waals surface area (Å²) in [4.78, 5) is 28.1. The number of carbonyl (C=O) groups excluding carboxylic acids is 2. The molecule has 2 aromatic carbocycles. The molecule has 1 fully saturated rings. The normalized spacial score (nSPS) is 14.8. The lowest BCUT2D eigenvalue weighted by Gasteiger charge is -2.23. The van der Waals surface area contributed by atoms with E-state index in [-0.39, 0.29) is 18.1 Å². The average molecular weight is 367 g/mol. The van der Waals surface area contributed by atoms with Gasteiger partial charge >= 0.3 is 12.1 Å². The Morgan fingerprint density at radius 1 is 1.19 bits per heavy atom. The fraction of sp³-hybridized carbons (Fsp3) is 0.300. The van der Waals surface area contributed by atoms with Crippen LogP contribution in [0.4, 0.5) is 21.0 Å². The Balaban J connectivity index is 1.68. The molecule has 3 N–H and O–H groups in total. The maximum atomic E-state index is 12.5. The van der Waals surface area contributed by atoms with Crippen LogP contribution in [0.5, 0.6) is 0 Å². The maximum Gasteiger partial charge on any atom is 0.321 e. The van der Waals surface area contributed by atoms with Crippen LogP contribution in [0.15, 0.2) is 54.6 Å². The zero-order chi connectivity index (χ0) is 19.2. The third kappa shape index (κ3) is 4.98. The number of amides is 4. The van der Waals surface area contributed by atoms with Gasteiger partial charge < -0.3 is 20.9 Å². The molecule has 1 saturated heterocycles. The van der Waals surface area contributed by atoms with Gasteiger partial charge in [-0.25, -0.2) is 9.59 Å². The van der Waals surface area contributed by atoms with Gasteiger partial charge in [-0.1, -0.05) is 36.4 Å². The highest BCUT2D eigenvalue weighted by Gasteiger charge is 2.21. The molecule has 4 amide bonds. The number of benzene rings is 2. The van der Waals surface area contributed by atoms with E-state index in [0.717, 1.165) is 11.3 Å². The summed E-state index contributed by atoms with van der Waals surface area (Å²) >= 11 is 0. The van der Waals surface area contributed by atoms with Crippen molar-refractivity contribution >= 4 is 23.4 Å². The lowest BCUT2D eigenvalue weighted by atomic mass is 10.1. The maximum absolute atomic E-state index is 12.5. The van der Waals surface area contributed by atoms with Crippen LogP contribution >= 0.6 is 0 Å². The number of hydrogen-bond donors (Lipinski definition) is 3. The second-order valence-electron chi connectivity index (χ2n) is 6.76. The first-order valence-corrected chi connectivity index (χ1v) is 8.95. The van der Waals surface area contributed by atoms with E-state index in [2.05, 4.69) is 16.0 Å². The van der Waals surface area contributed by atoms with Crippen molar-refractivity contribution in [3.63, 3.8) is 0 Å². The largest absolute Gasteiger partial charge is 0.336 e. The van der Waals surface area contributed by atoms with Gasteiger partial charge in [-0.2, -0.15) is 0 Å². The van der Waals surface area contributed by atoms with Crippen molar-refractivity contribution in [2.24, 2.45) is 0 Å². The molecule has 2 aromatic rings. The molecule has 1 aliphatic heterocycles. The van der Waals surface area contributed by atoms with Gasteiger partial charge in [0.25, 0.3) is 0 Å². The Hall–Kier alpha value is -3.06. The lowest BCUT2D eigenvalue weighted by Crippen LogP contribution is -2.37. The minimum absolute atomic E-state index is 0.119. The van der Waals surface area contributed by atoms with Crippen molar-refractivity contribution in [1.29, 1.82) is 0 Å². The highest BCUT2D eigenvalue weighted by molar-refractivity contribution is 5.95. The second kappa shape index (κ2) is 8.55. The van der Waals surface area contributed by atoms with Crippen molar-refractivity contribution in [2.45, 2.75) is 6.04 Å². The molecule has 3 rings (SSSR count). The molecule has 1 atom stereocenters. The van der Waals surface area contributed by atoms with Crippen LogP contribution in [0.2, 0.25) is 0 Å². The zero-order valence-electron chi connectivity index (χ0n) is 15.6. The third-order valence-corrected chi connectivity index (χ3v) is 4.33. The minimum atomic E-state index is -0.284. The first kappa shape index (κ1) is 18.7. The minimum Gasteiger partial charge on any atom is -0.336 e. The molecule has 1 unspecified atom stereocenters. The standard InChI is InChI=1S/C20H25N5O2/c1-24(2)14-18(15-7-4-3-5-8-15)23-19(26)22-16-9-6-10-17(13-16)25-12-11-21-20(25)27/h3-10,13,18H,11-12,14H2,1-2H3,(H,21,27)(H2,22,23,26). The SMILES string of the molecule is CN(C)CC(NC(=O)Nc1cccc(N2CCNC2=O)c1)c1ccccc1. The van der Waals surface area contributed by atoms with Crippen LogP contribution in [0, 0.1) is 0 Å². The Morgan fingerprint density at radius 2 is 1.96 bits per heavy atom. The molecule has 1 heterocycles.